The molecule has 2 saturated heterocycles. The second kappa shape index (κ2) is 7.37. The molecule has 0 N–H and O–H groups in total. The summed E-state index contributed by atoms with van der Waals surface area (Å²) in [6, 6.07) is 7.42. The molecule has 144 valence electrons. The molecule has 0 aliphatic carbocycles. The summed E-state index contributed by atoms with van der Waals surface area (Å²) in [6.45, 7) is 4.36. The molecule has 1 aromatic heterocycles. The summed E-state index contributed by atoms with van der Waals surface area (Å²) in [7, 11) is -3.31. The van der Waals surface area contributed by atoms with Crippen molar-refractivity contribution >= 4 is 27.6 Å². The third kappa shape index (κ3) is 3.81. The van der Waals surface area contributed by atoms with E-state index < -0.39 is 10.0 Å². The number of halogens is 1. The predicted molar refractivity (Wildman–Crippen MR) is 106 cm³/mol. The minimum Gasteiger partial charge on any atom is -0.341 e. The van der Waals surface area contributed by atoms with Gasteiger partial charge in [-0.1, -0.05) is 23.7 Å². The highest BCUT2D eigenvalue weighted by Gasteiger charge is 2.46. The van der Waals surface area contributed by atoms with Gasteiger partial charge in [-0.3, -0.25) is 0 Å². The van der Waals surface area contributed by atoms with Gasteiger partial charge >= 0.3 is 0 Å². The van der Waals surface area contributed by atoms with Crippen molar-refractivity contribution in [2.24, 2.45) is 5.92 Å². The van der Waals surface area contributed by atoms with Crippen LogP contribution in [0.4, 0.5) is 5.95 Å². The molecular weight excluding hydrogens is 384 g/mol. The van der Waals surface area contributed by atoms with E-state index in [9.17, 15) is 8.42 Å². The van der Waals surface area contributed by atoms with Crippen LogP contribution in [0.25, 0.3) is 0 Å². The van der Waals surface area contributed by atoms with Crippen molar-refractivity contribution in [3.63, 3.8) is 0 Å². The van der Waals surface area contributed by atoms with Gasteiger partial charge in [-0.05, 0) is 48.9 Å². The number of sulfonamides is 1. The Hall–Kier alpha value is -1.70. The molecular formula is C19H23ClN4O2S. The Balaban J connectivity index is 1.48. The van der Waals surface area contributed by atoms with Gasteiger partial charge in [0.25, 0.3) is 0 Å². The minimum atomic E-state index is -3.31. The second-order valence-corrected chi connectivity index (χ2v) is 9.98. The fourth-order valence-electron chi connectivity index (χ4n) is 4.04. The lowest BCUT2D eigenvalue weighted by molar-refractivity contribution is 0.381. The van der Waals surface area contributed by atoms with Gasteiger partial charge in [-0.2, -0.15) is 4.31 Å². The minimum absolute atomic E-state index is 0.143. The van der Waals surface area contributed by atoms with Crippen LogP contribution in [0.5, 0.6) is 0 Å². The Kier molecular flexibility index (Phi) is 5.09. The largest absolute Gasteiger partial charge is 0.341 e. The van der Waals surface area contributed by atoms with Gasteiger partial charge in [0.05, 0.1) is 5.25 Å². The summed E-state index contributed by atoms with van der Waals surface area (Å²) in [5.74, 6) is 0.832. The molecule has 1 aromatic carbocycles. The summed E-state index contributed by atoms with van der Waals surface area (Å²) in [5, 5.41) is 0.305. The third-order valence-corrected chi connectivity index (χ3v) is 8.08. The normalized spacial score (nSPS) is 25.2. The van der Waals surface area contributed by atoms with Crippen LogP contribution in [0.2, 0.25) is 5.02 Å². The lowest BCUT2D eigenvalue weighted by atomic mass is 10.0. The van der Waals surface area contributed by atoms with E-state index in [0.717, 1.165) is 24.1 Å². The third-order valence-electron chi connectivity index (χ3n) is 5.46. The first-order chi connectivity index (χ1) is 12.9. The molecule has 6 nitrogen and oxygen atoms in total. The molecule has 27 heavy (non-hydrogen) atoms. The molecule has 4 rings (SSSR count). The molecule has 3 heterocycles. The molecule has 2 fully saturated rings. The smallest absolute Gasteiger partial charge is 0.225 e. The summed E-state index contributed by atoms with van der Waals surface area (Å²) in [6.07, 6.45) is 5.04. The van der Waals surface area contributed by atoms with Gasteiger partial charge in [0.15, 0.2) is 0 Å². The SMILES string of the molecule is Cc1cnc(N2CC[C@@H]3CN(Cc4cccc(Cl)c4)S(=O)(=O)[C@@H]3CC2)nc1. The van der Waals surface area contributed by atoms with Crippen LogP contribution in [0, 0.1) is 12.8 Å². The van der Waals surface area contributed by atoms with E-state index in [1.165, 1.54) is 0 Å². The maximum atomic E-state index is 13.1. The van der Waals surface area contributed by atoms with Gasteiger partial charge in [0, 0.05) is 43.6 Å². The van der Waals surface area contributed by atoms with Crippen molar-refractivity contribution < 1.29 is 8.42 Å². The second-order valence-electron chi connectivity index (χ2n) is 7.39. The summed E-state index contributed by atoms with van der Waals surface area (Å²) >= 11 is 6.04. The summed E-state index contributed by atoms with van der Waals surface area (Å²) < 4.78 is 27.8. The lowest BCUT2D eigenvalue weighted by Gasteiger charge is -2.22. The molecule has 2 aliphatic heterocycles. The average molecular weight is 407 g/mol. The monoisotopic (exact) mass is 406 g/mol. The molecule has 8 heteroatoms. The molecule has 2 aliphatic rings. The van der Waals surface area contributed by atoms with Crippen molar-refractivity contribution in [2.75, 3.05) is 24.5 Å². The van der Waals surface area contributed by atoms with E-state index in [4.69, 9.17) is 11.6 Å². The van der Waals surface area contributed by atoms with Crippen LogP contribution in [0.3, 0.4) is 0 Å². The van der Waals surface area contributed by atoms with Crippen LogP contribution in [-0.2, 0) is 16.6 Å². The highest BCUT2D eigenvalue weighted by molar-refractivity contribution is 7.90. The standard InChI is InChI=1S/C19H23ClN4O2S/c1-14-10-21-19(22-11-14)23-7-5-16-13-24(27(25,26)18(16)6-8-23)12-15-3-2-4-17(20)9-15/h2-4,9-11,16,18H,5-8,12-13H2,1H3/t16-,18-/m1/s1. The van der Waals surface area contributed by atoms with Crippen molar-refractivity contribution in [1.82, 2.24) is 14.3 Å². The van der Waals surface area contributed by atoms with E-state index in [-0.39, 0.29) is 11.2 Å². The van der Waals surface area contributed by atoms with Crippen LogP contribution in [0.1, 0.15) is 24.0 Å². The Bertz CT molecular complexity index is 920. The Labute approximate surface area is 165 Å². The number of aryl methyl sites for hydroxylation is 1. The van der Waals surface area contributed by atoms with Crippen LogP contribution in [-0.4, -0.2) is 47.6 Å². The van der Waals surface area contributed by atoms with Gasteiger partial charge in [-0.15, -0.1) is 0 Å². The van der Waals surface area contributed by atoms with E-state index in [0.29, 0.717) is 37.0 Å². The van der Waals surface area contributed by atoms with E-state index >= 15 is 0 Å². The van der Waals surface area contributed by atoms with E-state index in [1.807, 2.05) is 25.1 Å². The van der Waals surface area contributed by atoms with Gasteiger partial charge in [0.2, 0.25) is 16.0 Å². The molecule has 0 radical (unpaired) electrons. The number of hydrogen-bond donors (Lipinski definition) is 0. The van der Waals surface area contributed by atoms with Crippen molar-refractivity contribution in [3.05, 3.63) is 52.8 Å². The quantitative estimate of drug-likeness (QED) is 0.784. The van der Waals surface area contributed by atoms with Crippen LogP contribution < -0.4 is 4.90 Å². The van der Waals surface area contributed by atoms with Crippen LogP contribution in [0.15, 0.2) is 36.7 Å². The van der Waals surface area contributed by atoms with Crippen molar-refractivity contribution in [2.45, 2.75) is 31.6 Å². The molecule has 2 aromatic rings. The zero-order valence-corrected chi connectivity index (χ0v) is 16.8. The number of anilines is 1. The number of benzene rings is 1. The number of rotatable bonds is 3. The molecule has 0 saturated carbocycles. The van der Waals surface area contributed by atoms with Gasteiger partial charge in [-0.25, -0.2) is 18.4 Å². The highest BCUT2D eigenvalue weighted by Crippen LogP contribution is 2.35. The molecule has 0 spiro atoms. The topological polar surface area (TPSA) is 66.4 Å². The number of fused-ring (bicyclic) bond motifs is 1. The maximum absolute atomic E-state index is 13.1. The van der Waals surface area contributed by atoms with E-state index in [2.05, 4.69) is 14.9 Å². The Morgan fingerprint density at radius 3 is 2.67 bits per heavy atom. The molecule has 0 amide bonds. The highest BCUT2D eigenvalue weighted by atomic mass is 35.5. The first-order valence-corrected chi connectivity index (χ1v) is 11.1. The zero-order valence-electron chi connectivity index (χ0n) is 15.3. The Morgan fingerprint density at radius 2 is 1.93 bits per heavy atom. The fourth-order valence-corrected chi connectivity index (χ4v) is 6.47. The molecule has 0 unspecified atom stereocenters. The maximum Gasteiger partial charge on any atom is 0.225 e. The van der Waals surface area contributed by atoms with E-state index in [1.54, 1.807) is 22.8 Å². The van der Waals surface area contributed by atoms with Crippen molar-refractivity contribution in [3.8, 4) is 0 Å². The molecule has 2 atom stereocenters. The first-order valence-electron chi connectivity index (χ1n) is 9.20. The number of nitrogens with zero attached hydrogens (tertiary/aromatic N) is 4. The van der Waals surface area contributed by atoms with Gasteiger partial charge < -0.3 is 4.90 Å². The fraction of sp³-hybridized carbons (Fsp3) is 0.474. The lowest BCUT2D eigenvalue weighted by Crippen LogP contribution is -2.32. The average Bonchev–Trinajstić information content (AvgIpc) is 2.77. The van der Waals surface area contributed by atoms with Gasteiger partial charge in [0.1, 0.15) is 0 Å². The van der Waals surface area contributed by atoms with Crippen LogP contribution >= 0.6 is 11.6 Å². The van der Waals surface area contributed by atoms with Crippen molar-refractivity contribution in [1.29, 1.82) is 0 Å². The Morgan fingerprint density at radius 1 is 1.19 bits per heavy atom. The summed E-state index contributed by atoms with van der Waals surface area (Å²) in [4.78, 5) is 10.9. The predicted octanol–water partition coefficient (Wildman–Crippen LogP) is 2.87. The number of aromatic nitrogens is 2. The zero-order chi connectivity index (χ0) is 19.0. The first kappa shape index (κ1) is 18.7. The summed E-state index contributed by atoms with van der Waals surface area (Å²) in [5.41, 5.74) is 1.95. The number of hydrogen-bond acceptors (Lipinski definition) is 5. The molecule has 0 bridgehead atoms.